The summed E-state index contributed by atoms with van der Waals surface area (Å²) in [6, 6.07) is 0.377. The molecule has 0 aromatic heterocycles. The van der Waals surface area contributed by atoms with Crippen LogP contribution >= 0.6 is 0 Å². The molecule has 1 N–H and O–H groups in total. The van der Waals surface area contributed by atoms with Crippen molar-refractivity contribution in [1.82, 2.24) is 15.1 Å². The summed E-state index contributed by atoms with van der Waals surface area (Å²) < 4.78 is 5.53. The first-order chi connectivity index (χ1) is 10.1. The topological polar surface area (TPSA) is 44.8 Å². The normalized spacial score (nSPS) is 31.8. The highest BCUT2D eigenvalue weighted by Crippen LogP contribution is 2.39. The van der Waals surface area contributed by atoms with Gasteiger partial charge in [0.15, 0.2) is 0 Å². The first kappa shape index (κ1) is 15.3. The molecule has 1 aliphatic carbocycles. The molecule has 120 valence electrons. The molecule has 0 aromatic carbocycles. The summed E-state index contributed by atoms with van der Waals surface area (Å²) in [5.74, 6) is 0.261. The van der Waals surface area contributed by atoms with Crippen LogP contribution < -0.4 is 5.32 Å². The number of rotatable bonds is 4. The molecular weight excluding hydrogens is 266 g/mol. The predicted molar refractivity (Wildman–Crippen MR) is 82.2 cm³/mol. The predicted octanol–water partition coefficient (Wildman–Crippen LogP) is 0.840. The van der Waals surface area contributed by atoms with E-state index in [9.17, 15) is 4.79 Å². The van der Waals surface area contributed by atoms with Crippen LogP contribution in [0.25, 0.3) is 0 Å². The Morgan fingerprint density at radius 2 is 1.90 bits per heavy atom. The molecule has 5 heteroatoms. The van der Waals surface area contributed by atoms with Gasteiger partial charge in [-0.1, -0.05) is 12.8 Å². The van der Waals surface area contributed by atoms with E-state index >= 15 is 0 Å². The van der Waals surface area contributed by atoms with Crippen LogP contribution in [0, 0.1) is 0 Å². The minimum atomic E-state index is 0.0171. The van der Waals surface area contributed by atoms with Crippen LogP contribution in [0.3, 0.4) is 0 Å². The molecule has 2 saturated heterocycles. The van der Waals surface area contributed by atoms with Gasteiger partial charge in [-0.3, -0.25) is 9.69 Å². The monoisotopic (exact) mass is 295 g/mol. The second kappa shape index (κ2) is 6.23. The van der Waals surface area contributed by atoms with Gasteiger partial charge >= 0.3 is 0 Å². The summed E-state index contributed by atoms with van der Waals surface area (Å²) in [6.45, 7) is 6.92. The van der Waals surface area contributed by atoms with Gasteiger partial charge in [0.2, 0.25) is 5.91 Å². The maximum atomic E-state index is 12.2. The van der Waals surface area contributed by atoms with Crippen molar-refractivity contribution in [3.8, 4) is 0 Å². The molecule has 5 nitrogen and oxygen atoms in total. The van der Waals surface area contributed by atoms with Crippen molar-refractivity contribution >= 4 is 5.91 Å². The number of likely N-dealkylation sites (N-methyl/N-ethyl adjacent to an activating group) is 1. The third-order valence-corrected chi connectivity index (χ3v) is 5.79. The molecule has 2 heterocycles. The van der Waals surface area contributed by atoms with Crippen LogP contribution in [-0.2, 0) is 9.53 Å². The van der Waals surface area contributed by atoms with Crippen LogP contribution in [0.1, 0.15) is 39.0 Å². The van der Waals surface area contributed by atoms with Crippen molar-refractivity contribution in [2.45, 2.75) is 56.7 Å². The number of nitrogens with one attached hydrogen (secondary N) is 1. The van der Waals surface area contributed by atoms with Gasteiger partial charge in [-0.15, -0.1) is 0 Å². The van der Waals surface area contributed by atoms with Gasteiger partial charge < -0.3 is 15.0 Å². The lowest BCUT2D eigenvalue weighted by atomic mass is 9.86. The molecule has 1 amide bonds. The number of likely N-dealkylation sites (tertiary alicyclic amines) is 1. The number of hydrogen-bond donors (Lipinski definition) is 1. The van der Waals surface area contributed by atoms with Gasteiger partial charge in [-0.05, 0) is 26.2 Å². The number of nitrogens with zero attached hydrogens (tertiary/aromatic N) is 2. The Morgan fingerprint density at radius 1 is 1.24 bits per heavy atom. The number of amides is 1. The second-order valence-electron chi connectivity index (χ2n) is 6.90. The minimum absolute atomic E-state index is 0.0171. The second-order valence-corrected chi connectivity index (χ2v) is 6.90. The van der Waals surface area contributed by atoms with E-state index in [-0.39, 0.29) is 17.5 Å². The molecule has 21 heavy (non-hydrogen) atoms. The molecule has 0 spiro atoms. The van der Waals surface area contributed by atoms with E-state index in [2.05, 4.69) is 17.1 Å². The lowest BCUT2D eigenvalue weighted by molar-refractivity contribution is -0.128. The molecule has 0 radical (unpaired) electrons. The molecule has 1 saturated carbocycles. The average Bonchev–Trinajstić information content (AvgIpc) is 3.12. The molecule has 0 bridgehead atoms. The van der Waals surface area contributed by atoms with Gasteiger partial charge in [0, 0.05) is 38.3 Å². The third kappa shape index (κ3) is 2.83. The zero-order valence-corrected chi connectivity index (χ0v) is 13.4. The maximum Gasteiger partial charge on any atom is 0.239 e. The smallest absolute Gasteiger partial charge is 0.239 e. The van der Waals surface area contributed by atoms with Gasteiger partial charge in [0.05, 0.1) is 19.3 Å². The molecule has 2 atom stereocenters. The summed E-state index contributed by atoms with van der Waals surface area (Å²) in [7, 11) is 1.90. The first-order valence-corrected chi connectivity index (χ1v) is 8.47. The van der Waals surface area contributed by atoms with Crippen LogP contribution in [0.2, 0.25) is 0 Å². The Bertz CT molecular complexity index is 376. The van der Waals surface area contributed by atoms with Gasteiger partial charge in [-0.25, -0.2) is 0 Å². The number of hydrogen-bond acceptors (Lipinski definition) is 4. The third-order valence-electron chi connectivity index (χ3n) is 5.79. The van der Waals surface area contributed by atoms with Gasteiger partial charge in [-0.2, -0.15) is 0 Å². The fourth-order valence-electron chi connectivity index (χ4n) is 4.45. The standard InChI is InChI=1S/C16H29N3O2/c1-13(17-14-5-8-18(2)15(14)20)16(6-3-4-7-16)19-9-11-21-12-10-19/h13-14,17H,3-12H2,1-2H3/t13-,14-/m0/s1. The lowest BCUT2D eigenvalue weighted by Gasteiger charge is -2.48. The van der Waals surface area contributed by atoms with E-state index < -0.39 is 0 Å². The number of ether oxygens (including phenoxy) is 1. The zero-order valence-electron chi connectivity index (χ0n) is 13.4. The molecule has 0 unspecified atom stereocenters. The van der Waals surface area contributed by atoms with Crippen LogP contribution in [0.4, 0.5) is 0 Å². The highest BCUT2D eigenvalue weighted by Gasteiger charge is 2.45. The summed E-state index contributed by atoms with van der Waals surface area (Å²) in [5.41, 5.74) is 0.227. The first-order valence-electron chi connectivity index (χ1n) is 8.47. The van der Waals surface area contributed by atoms with E-state index in [0.29, 0.717) is 6.04 Å². The quantitative estimate of drug-likeness (QED) is 0.835. The van der Waals surface area contributed by atoms with Crippen LogP contribution in [0.15, 0.2) is 0 Å². The highest BCUT2D eigenvalue weighted by molar-refractivity contribution is 5.83. The Labute approximate surface area is 128 Å². The van der Waals surface area contributed by atoms with Crippen molar-refractivity contribution in [1.29, 1.82) is 0 Å². The highest BCUT2D eigenvalue weighted by atomic mass is 16.5. The Hall–Kier alpha value is -0.650. The Balaban J connectivity index is 1.69. The largest absolute Gasteiger partial charge is 0.379 e. The van der Waals surface area contributed by atoms with Crippen molar-refractivity contribution in [2.24, 2.45) is 0 Å². The van der Waals surface area contributed by atoms with Crippen molar-refractivity contribution in [3.05, 3.63) is 0 Å². The van der Waals surface area contributed by atoms with Crippen molar-refractivity contribution in [2.75, 3.05) is 39.9 Å². The van der Waals surface area contributed by atoms with Crippen molar-refractivity contribution in [3.63, 3.8) is 0 Å². The molecule has 3 rings (SSSR count). The fraction of sp³-hybridized carbons (Fsp3) is 0.938. The Kier molecular flexibility index (Phi) is 4.52. The number of morpholine rings is 1. The van der Waals surface area contributed by atoms with E-state index in [0.717, 1.165) is 39.3 Å². The molecule has 0 aromatic rings. The minimum Gasteiger partial charge on any atom is -0.379 e. The fourth-order valence-corrected chi connectivity index (χ4v) is 4.45. The number of carbonyl (C=O) groups is 1. The van der Waals surface area contributed by atoms with Gasteiger partial charge in [0.25, 0.3) is 0 Å². The molecule has 3 fully saturated rings. The summed E-state index contributed by atoms with van der Waals surface area (Å²) >= 11 is 0. The zero-order chi connectivity index (χ0) is 14.9. The number of carbonyl (C=O) groups excluding carboxylic acids is 1. The Morgan fingerprint density at radius 3 is 2.48 bits per heavy atom. The van der Waals surface area contributed by atoms with Crippen LogP contribution in [-0.4, -0.2) is 73.2 Å². The van der Waals surface area contributed by atoms with Gasteiger partial charge in [0.1, 0.15) is 0 Å². The van der Waals surface area contributed by atoms with Crippen LogP contribution in [0.5, 0.6) is 0 Å². The molecular formula is C16H29N3O2. The molecule has 3 aliphatic rings. The maximum absolute atomic E-state index is 12.2. The average molecular weight is 295 g/mol. The van der Waals surface area contributed by atoms with E-state index in [1.165, 1.54) is 25.7 Å². The lowest BCUT2D eigenvalue weighted by Crippen LogP contribution is -2.63. The molecule has 2 aliphatic heterocycles. The summed E-state index contributed by atoms with van der Waals surface area (Å²) in [4.78, 5) is 16.6. The van der Waals surface area contributed by atoms with E-state index in [1.807, 2.05) is 11.9 Å². The van der Waals surface area contributed by atoms with E-state index in [1.54, 1.807) is 0 Å². The summed E-state index contributed by atoms with van der Waals surface area (Å²) in [5, 5.41) is 3.67. The summed E-state index contributed by atoms with van der Waals surface area (Å²) in [6.07, 6.45) is 6.05. The SMILES string of the molecule is C[C@H](N[C@H]1CCN(C)C1=O)C1(N2CCOCC2)CCCC1. The van der Waals surface area contributed by atoms with Crippen molar-refractivity contribution < 1.29 is 9.53 Å². The van der Waals surface area contributed by atoms with E-state index in [4.69, 9.17) is 4.74 Å².